The molecule has 0 saturated heterocycles. The predicted octanol–water partition coefficient (Wildman–Crippen LogP) is 2.51. The van der Waals surface area contributed by atoms with E-state index in [2.05, 4.69) is 15.5 Å². The summed E-state index contributed by atoms with van der Waals surface area (Å²) in [5, 5.41) is 11.5. The molecule has 21 heavy (non-hydrogen) atoms. The Kier molecular flexibility index (Phi) is 3.53. The van der Waals surface area contributed by atoms with Crippen LogP contribution in [0.2, 0.25) is 0 Å². The van der Waals surface area contributed by atoms with Crippen LogP contribution in [0.3, 0.4) is 0 Å². The number of thiophene rings is 1. The summed E-state index contributed by atoms with van der Waals surface area (Å²) >= 11 is 1.40. The van der Waals surface area contributed by atoms with Gasteiger partial charge in [-0.1, -0.05) is 11.6 Å². The minimum Gasteiger partial charge on any atom is -0.397 e. The zero-order chi connectivity index (χ0) is 14.8. The fourth-order valence-corrected chi connectivity index (χ4v) is 3.10. The smallest absolute Gasteiger partial charge is 0.263 e. The van der Waals surface area contributed by atoms with Gasteiger partial charge in [-0.3, -0.25) is 4.79 Å². The van der Waals surface area contributed by atoms with Gasteiger partial charge in [0.05, 0.1) is 17.9 Å². The highest BCUT2D eigenvalue weighted by Gasteiger charge is 2.16. The van der Waals surface area contributed by atoms with Crippen molar-refractivity contribution in [2.45, 2.75) is 13.5 Å². The molecule has 0 unspecified atom stereocenters. The summed E-state index contributed by atoms with van der Waals surface area (Å²) in [7, 11) is 0. The lowest BCUT2D eigenvalue weighted by atomic mass is 10.1. The number of nitrogen functional groups attached to an aromatic ring is 1. The molecule has 106 valence electrons. The van der Waals surface area contributed by atoms with Crippen LogP contribution in [0.1, 0.15) is 20.9 Å². The number of carbonyl (C=O) groups is 1. The molecule has 1 amide bonds. The van der Waals surface area contributed by atoms with Crippen LogP contribution in [0, 0.1) is 6.92 Å². The van der Waals surface area contributed by atoms with Gasteiger partial charge in [0.25, 0.3) is 5.91 Å². The van der Waals surface area contributed by atoms with Gasteiger partial charge in [0.2, 0.25) is 0 Å². The number of aryl methyl sites for hydroxylation is 1. The van der Waals surface area contributed by atoms with Crippen LogP contribution in [-0.4, -0.2) is 16.1 Å². The van der Waals surface area contributed by atoms with Crippen LogP contribution >= 0.6 is 11.3 Å². The Bertz CT molecular complexity index is 798. The highest BCUT2D eigenvalue weighted by molar-refractivity contribution is 7.21. The van der Waals surface area contributed by atoms with Gasteiger partial charge in [-0.2, -0.15) is 10.2 Å². The largest absolute Gasteiger partial charge is 0.397 e. The highest BCUT2D eigenvalue weighted by atomic mass is 32.1. The van der Waals surface area contributed by atoms with Crippen LogP contribution in [0.4, 0.5) is 5.69 Å². The van der Waals surface area contributed by atoms with Crippen LogP contribution in [0.25, 0.3) is 10.1 Å². The van der Waals surface area contributed by atoms with E-state index < -0.39 is 0 Å². The lowest BCUT2D eigenvalue weighted by Gasteiger charge is -2.03. The lowest BCUT2D eigenvalue weighted by molar-refractivity contribution is 0.0955. The molecule has 1 aromatic carbocycles. The third kappa shape index (κ3) is 2.71. The lowest BCUT2D eigenvalue weighted by Crippen LogP contribution is -2.23. The first-order valence-electron chi connectivity index (χ1n) is 6.48. The molecular formula is C15H14N4OS. The number of nitrogens with zero attached hydrogens (tertiary/aromatic N) is 2. The van der Waals surface area contributed by atoms with Crippen LogP contribution in [0.5, 0.6) is 0 Å². The number of rotatable bonds is 3. The molecule has 0 aliphatic heterocycles. The van der Waals surface area contributed by atoms with E-state index in [1.54, 1.807) is 12.3 Å². The van der Waals surface area contributed by atoms with E-state index in [9.17, 15) is 4.79 Å². The molecule has 3 aromatic rings. The van der Waals surface area contributed by atoms with Gasteiger partial charge >= 0.3 is 0 Å². The fourth-order valence-electron chi connectivity index (χ4n) is 2.08. The van der Waals surface area contributed by atoms with E-state index in [0.717, 1.165) is 15.6 Å². The zero-order valence-corrected chi connectivity index (χ0v) is 12.3. The molecule has 0 radical (unpaired) electrons. The average Bonchev–Trinajstić information content (AvgIpc) is 2.83. The van der Waals surface area contributed by atoms with E-state index in [0.29, 0.717) is 22.8 Å². The van der Waals surface area contributed by atoms with Crippen LogP contribution in [-0.2, 0) is 6.54 Å². The molecule has 0 saturated carbocycles. The minimum atomic E-state index is -0.183. The number of fused-ring (bicyclic) bond motifs is 1. The molecule has 0 aliphatic rings. The summed E-state index contributed by atoms with van der Waals surface area (Å²) in [6.45, 7) is 2.34. The van der Waals surface area contributed by atoms with E-state index in [4.69, 9.17) is 5.73 Å². The summed E-state index contributed by atoms with van der Waals surface area (Å²) in [4.78, 5) is 12.8. The van der Waals surface area contributed by atoms with E-state index >= 15 is 0 Å². The number of nitrogens with one attached hydrogen (secondary N) is 1. The first-order valence-corrected chi connectivity index (χ1v) is 7.30. The van der Waals surface area contributed by atoms with Crippen molar-refractivity contribution in [2.24, 2.45) is 0 Å². The molecule has 0 fully saturated rings. The number of hydrogen-bond donors (Lipinski definition) is 2. The molecular weight excluding hydrogens is 284 g/mol. The average molecular weight is 298 g/mol. The van der Waals surface area contributed by atoms with Crippen molar-refractivity contribution >= 4 is 33.0 Å². The SMILES string of the molecule is Cc1ccc2sc(C(=O)NCc3cccnn3)c(N)c2c1. The molecule has 0 atom stereocenters. The van der Waals surface area contributed by atoms with Gasteiger partial charge in [0.1, 0.15) is 4.88 Å². The molecule has 0 bridgehead atoms. The van der Waals surface area contributed by atoms with Crippen molar-refractivity contribution in [3.63, 3.8) is 0 Å². The molecule has 0 spiro atoms. The van der Waals surface area contributed by atoms with Gasteiger partial charge in [-0.15, -0.1) is 11.3 Å². The molecule has 5 nitrogen and oxygen atoms in total. The molecule has 3 rings (SSSR count). The van der Waals surface area contributed by atoms with Crippen molar-refractivity contribution < 1.29 is 4.79 Å². The van der Waals surface area contributed by atoms with Crippen molar-refractivity contribution in [1.29, 1.82) is 0 Å². The van der Waals surface area contributed by atoms with Gasteiger partial charge in [0.15, 0.2) is 0 Å². The number of amides is 1. The Morgan fingerprint density at radius 3 is 3.00 bits per heavy atom. The quantitative estimate of drug-likeness (QED) is 0.778. The number of carbonyl (C=O) groups excluding carboxylic acids is 1. The second-order valence-electron chi connectivity index (χ2n) is 4.74. The maximum absolute atomic E-state index is 12.3. The van der Waals surface area contributed by atoms with Gasteiger partial charge < -0.3 is 11.1 Å². The van der Waals surface area contributed by atoms with E-state index in [1.165, 1.54) is 11.3 Å². The molecule has 2 aromatic heterocycles. The van der Waals surface area contributed by atoms with Crippen LogP contribution in [0.15, 0.2) is 36.5 Å². The first-order chi connectivity index (χ1) is 10.1. The second kappa shape index (κ2) is 5.49. The minimum absolute atomic E-state index is 0.183. The van der Waals surface area contributed by atoms with Crippen molar-refractivity contribution in [3.05, 3.63) is 52.7 Å². The summed E-state index contributed by atoms with van der Waals surface area (Å²) < 4.78 is 1.02. The van der Waals surface area contributed by atoms with Gasteiger partial charge in [-0.05, 0) is 31.2 Å². The number of benzene rings is 1. The Balaban J connectivity index is 1.83. The summed E-state index contributed by atoms with van der Waals surface area (Å²) in [5.41, 5.74) is 8.47. The Hall–Kier alpha value is -2.47. The Labute approximate surface area is 125 Å². The number of hydrogen-bond acceptors (Lipinski definition) is 5. The third-order valence-electron chi connectivity index (χ3n) is 3.15. The van der Waals surface area contributed by atoms with Crippen molar-refractivity contribution in [3.8, 4) is 0 Å². The predicted molar refractivity (Wildman–Crippen MR) is 84.2 cm³/mol. The maximum atomic E-state index is 12.3. The highest BCUT2D eigenvalue weighted by Crippen LogP contribution is 2.34. The fraction of sp³-hybridized carbons (Fsp3) is 0.133. The summed E-state index contributed by atoms with van der Waals surface area (Å²) in [6.07, 6.45) is 1.59. The number of anilines is 1. The van der Waals surface area contributed by atoms with E-state index in [1.807, 2.05) is 31.2 Å². The van der Waals surface area contributed by atoms with Gasteiger partial charge in [0, 0.05) is 16.3 Å². The second-order valence-corrected chi connectivity index (χ2v) is 5.79. The Morgan fingerprint density at radius 1 is 1.38 bits per heavy atom. The van der Waals surface area contributed by atoms with Crippen LogP contribution < -0.4 is 11.1 Å². The topological polar surface area (TPSA) is 80.9 Å². The maximum Gasteiger partial charge on any atom is 0.263 e. The first kappa shape index (κ1) is 13.5. The normalized spacial score (nSPS) is 10.7. The molecule has 0 aliphatic carbocycles. The number of aromatic nitrogens is 2. The summed E-state index contributed by atoms with van der Waals surface area (Å²) in [5.74, 6) is -0.183. The molecule has 3 N–H and O–H groups in total. The van der Waals surface area contributed by atoms with Crippen molar-refractivity contribution in [2.75, 3.05) is 5.73 Å². The van der Waals surface area contributed by atoms with Gasteiger partial charge in [-0.25, -0.2) is 0 Å². The third-order valence-corrected chi connectivity index (χ3v) is 4.33. The molecule has 2 heterocycles. The standard InChI is InChI=1S/C15H14N4OS/c1-9-4-5-12-11(7-9)13(16)14(21-12)15(20)17-8-10-3-2-6-18-19-10/h2-7H,8,16H2,1H3,(H,17,20). The van der Waals surface area contributed by atoms with E-state index in [-0.39, 0.29) is 5.91 Å². The zero-order valence-electron chi connectivity index (χ0n) is 11.5. The summed E-state index contributed by atoms with van der Waals surface area (Å²) in [6, 6.07) is 9.60. The number of nitrogens with two attached hydrogens (primary N) is 1. The van der Waals surface area contributed by atoms with Crippen molar-refractivity contribution in [1.82, 2.24) is 15.5 Å². The monoisotopic (exact) mass is 298 g/mol. The Morgan fingerprint density at radius 2 is 2.24 bits per heavy atom. The molecule has 6 heteroatoms.